The number of nitrogens with zero attached hydrogens (tertiary/aromatic N) is 1. The van der Waals surface area contributed by atoms with Gasteiger partial charge in [-0.2, -0.15) is 4.98 Å². The number of hydrogen-bond acceptors (Lipinski definition) is 4. The zero-order valence-electron chi connectivity index (χ0n) is 11.2. The molecule has 0 atom stereocenters. The molecule has 0 saturated carbocycles. The summed E-state index contributed by atoms with van der Waals surface area (Å²) >= 11 is 3.37. The summed E-state index contributed by atoms with van der Waals surface area (Å²) in [7, 11) is 0. The number of nitrogens with one attached hydrogen (secondary N) is 1. The maximum absolute atomic E-state index is 12.2. The van der Waals surface area contributed by atoms with Crippen molar-refractivity contribution in [2.75, 3.05) is 5.32 Å². The number of anilines is 1. The number of furan rings is 1. The number of halogens is 1. The summed E-state index contributed by atoms with van der Waals surface area (Å²) in [4.78, 5) is 16.4. The SMILES string of the molecule is O=C(Nc1nc2ccccc2o1)c1cc2ccc(Br)cc2o1. The molecule has 2 aromatic heterocycles. The van der Waals surface area contributed by atoms with Crippen LogP contribution in [0.2, 0.25) is 0 Å². The number of benzene rings is 2. The number of oxazole rings is 1. The molecule has 0 radical (unpaired) electrons. The molecule has 4 rings (SSSR count). The van der Waals surface area contributed by atoms with Crippen molar-refractivity contribution in [3.8, 4) is 0 Å². The predicted octanol–water partition coefficient (Wildman–Crippen LogP) is 4.59. The van der Waals surface area contributed by atoms with E-state index in [0.29, 0.717) is 16.7 Å². The minimum atomic E-state index is -0.404. The molecule has 22 heavy (non-hydrogen) atoms. The van der Waals surface area contributed by atoms with Crippen molar-refractivity contribution < 1.29 is 13.6 Å². The normalized spacial score (nSPS) is 11.1. The van der Waals surface area contributed by atoms with Crippen molar-refractivity contribution in [2.24, 2.45) is 0 Å². The van der Waals surface area contributed by atoms with Crippen molar-refractivity contribution in [3.05, 3.63) is 58.8 Å². The van der Waals surface area contributed by atoms with Gasteiger partial charge in [0.15, 0.2) is 11.3 Å². The van der Waals surface area contributed by atoms with Gasteiger partial charge in [0.05, 0.1) is 0 Å². The number of aromatic nitrogens is 1. The fourth-order valence-electron chi connectivity index (χ4n) is 2.20. The summed E-state index contributed by atoms with van der Waals surface area (Å²) in [6.45, 7) is 0. The van der Waals surface area contributed by atoms with E-state index < -0.39 is 5.91 Å². The average Bonchev–Trinajstić information content (AvgIpc) is 3.09. The molecular weight excluding hydrogens is 348 g/mol. The van der Waals surface area contributed by atoms with E-state index in [1.54, 1.807) is 12.1 Å². The van der Waals surface area contributed by atoms with Gasteiger partial charge in [-0.3, -0.25) is 10.1 Å². The zero-order valence-corrected chi connectivity index (χ0v) is 12.8. The number of carbonyl (C=O) groups is 1. The maximum Gasteiger partial charge on any atom is 0.302 e. The minimum Gasteiger partial charge on any atom is -0.451 e. The lowest BCUT2D eigenvalue weighted by Gasteiger charge is -1.95. The second kappa shape index (κ2) is 4.99. The van der Waals surface area contributed by atoms with Gasteiger partial charge in [-0.05, 0) is 36.4 Å². The third-order valence-electron chi connectivity index (χ3n) is 3.22. The van der Waals surface area contributed by atoms with Gasteiger partial charge < -0.3 is 8.83 Å². The maximum atomic E-state index is 12.2. The van der Waals surface area contributed by atoms with E-state index in [1.165, 1.54) is 0 Å². The van der Waals surface area contributed by atoms with Crippen molar-refractivity contribution >= 4 is 49.9 Å². The summed E-state index contributed by atoms with van der Waals surface area (Å²) in [5.74, 6) is -0.200. The minimum absolute atomic E-state index is 0.146. The highest BCUT2D eigenvalue weighted by Gasteiger charge is 2.15. The fourth-order valence-corrected chi connectivity index (χ4v) is 2.54. The monoisotopic (exact) mass is 356 g/mol. The van der Waals surface area contributed by atoms with Crippen LogP contribution in [0, 0.1) is 0 Å². The highest BCUT2D eigenvalue weighted by molar-refractivity contribution is 9.10. The van der Waals surface area contributed by atoms with Crippen LogP contribution in [0.15, 0.2) is 61.8 Å². The summed E-state index contributed by atoms with van der Waals surface area (Å²) in [6, 6.07) is 14.7. The Labute approximate surface area is 133 Å². The third kappa shape index (κ3) is 2.27. The first-order chi connectivity index (χ1) is 10.7. The molecule has 108 valence electrons. The molecule has 0 spiro atoms. The Kier molecular flexibility index (Phi) is 2.97. The zero-order chi connectivity index (χ0) is 15.1. The van der Waals surface area contributed by atoms with Crippen LogP contribution in [0.4, 0.5) is 6.01 Å². The van der Waals surface area contributed by atoms with Crippen LogP contribution < -0.4 is 5.32 Å². The largest absolute Gasteiger partial charge is 0.451 e. The smallest absolute Gasteiger partial charge is 0.302 e. The van der Waals surface area contributed by atoms with Crippen LogP contribution in [0.1, 0.15) is 10.6 Å². The van der Waals surface area contributed by atoms with Gasteiger partial charge in [-0.1, -0.05) is 28.1 Å². The highest BCUT2D eigenvalue weighted by Crippen LogP contribution is 2.24. The first-order valence-corrected chi connectivity index (χ1v) is 7.34. The van der Waals surface area contributed by atoms with Crippen LogP contribution >= 0.6 is 15.9 Å². The highest BCUT2D eigenvalue weighted by atomic mass is 79.9. The van der Waals surface area contributed by atoms with Crippen LogP contribution in [-0.4, -0.2) is 10.9 Å². The Morgan fingerprint density at radius 1 is 1.05 bits per heavy atom. The Morgan fingerprint density at radius 3 is 2.77 bits per heavy atom. The van der Waals surface area contributed by atoms with Crippen LogP contribution in [-0.2, 0) is 0 Å². The fraction of sp³-hybridized carbons (Fsp3) is 0. The van der Waals surface area contributed by atoms with Gasteiger partial charge in [-0.15, -0.1) is 0 Å². The molecule has 2 heterocycles. The Hall–Kier alpha value is -2.60. The van der Waals surface area contributed by atoms with Crippen LogP contribution in [0.5, 0.6) is 0 Å². The molecule has 0 fully saturated rings. The van der Waals surface area contributed by atoms with Crippen molar-refractivity contribution in [1.82, 2.24) is 4.98 Å². The molecule has 2 aromatic carbocycles. The lowest BCUT2D eigenvalue weighted by molar-refractivity contribution is 0.0996. The molecule has 0 aliphatic rings. The molecule has 0 bridgehead atoms. The van der Waals surface area contributed by atoms with Gasteiger partial charge in [-0.25, -0.2) is 0 Å². The topological polar surface area (TPSA) is 68.3 Å². The lowest BCUT2D eigenvalue weighted by Crippen LogP contribution is -2.10. The number of carbonyl (C=O) groups excluding carboxylic acids is 1. The average molecular weight is 357 g/mol. The number of hydrogen-bond donors (Lipinski definition) is 1. The molecule has 4 aromatic rings. The van der Waals surface area contributed by atoms with Gasteiger partial charge >= 0.3 is 6.01 Å². The van der Waals surface area contributed by atoms with E-state index in [1.807, 2.05) is 36.4 Å². The van der Waals surface area contributed by atoms with Gasteiger partial charge in [0.25, 0.3) is 5.91 Å². The first-order valence-electron chi connectivity index (χ1n) is 6.55. The molecule has 0 aliphatic heterocycles. The lowest BCUT2D eigenvalue weighted by atomic mass is 10.2. The summed E-state index contributed by atoms with van der Waals surface area (Å²) in [5, 5.41) is 3.45. The summed E-state index contributed by atoms with van der Waals surface area (Å²) in [6.07, 6.45) is 0. The molecule has 0 aliphatic carbocycles. The molecular formula is C16H9BrN2O3. The van der Waals surface area contributed by atoms with Crippen LogP contribution in [0.25, 0.3) is 22.1 Å². The van der Waals surface area contributed by atoms with Crippen LogP contribution in [0.3, 0.4) is 0 Å². The first kappa shape index (κ1) is 13.1. The van der Waals surface area contributed by atoms with Gasteiger partial charge in [0.1, 0.15) is 11.1 Å². The van der Waals surface area contributed by atoms with Gasteiger partial charge in [0.2, 0.25) is 0 Å². The van der Waals surface area contributed by atoms with Gasteiger partial charge in [0, 0.05) is 9.86 Å². The summed E-state index contributed by atoms with van der Waals surface area (Å²) in [5.41, 5.74) is 1.94. The molecule has 1 amide bonds. The molecule has 5 nitrogen and oxygen atoms in total. The molecule has 6 heteroatoms. The van der Waals surface area contributed by atoms with E-state index in [4.69, 9.17) is 8.83 Å². The standard InChI is InChI=1S/C16H9BrN2O3/c17-10-6-5-9-7-14(21-13(9)8-10)15(20)19-16-18-11-3-1-2-4-12(11)22-16/h1-8H,(H,18,19,20). The van der Waals surface area contributed by atoms with E-state index in [0.717, 1.165) is 9.86 Å². The predicted molar refractivity (Wildman–Crippen MR) is 85.9 cm³/mol. The molecule has 0 unspecified atom stereocenters. The third-order valence-corrected chi connectivity index (χ3v) is 3.71. The molecule has 0 saturated heterocycles. The Balaban J connectivity index is 1.65. The van der Waals surface area contributed by atoms with Crippen molar-refractivity contribution in [3.63, 3.8) is 0 Å². The van der Waals surface area contributed by atoms with Crippen molar-refractivity contribution in [2.45, 2.75) is 0 Å². The van der Waals surface area contributed by atoms with E-state index in [9.17, 15) is 4.79 Å². The summed E-state index contributed by atoms with van der Waals surface area (Å²) < 4.78 is 11.9. The second-order valence-corrected chi connectivity index (χ2v) is 5.65. The quantitative estimate of drug-likeness (QED) is 0.570. The number of rotatable bonds is 2. The molecule has 1 N–H and O–H groups in total. The Morgan fingerprint density at radius 2 is 1.91 bits per heavy atom. The number of para-hydroxylation sites is 2. The number of fused-ring (bicyclic) bond motifs is 2. The van der Waals surface area contributed by atoms with E-state index in [2.05, 4.69) is 26.2 Å². The van der Waals surface area contributed by atoms with Crippen molar-refractivity contribution in [1.29, 1.82) is 0 Å². The number of amides is 1. The second-order valence-electron chi connectivity index (χ2n) is 4.73. The van der Waals surface area contributed by atoms with E-state index in [-0.39, 0.29) is 11.8 Å². The van der Waals surface area contributed by atoms with E-state index >= 15 is 0 Å². The Bertz CT molecular complexity index is 970.